The Hall–Kier alpha value is -0.650. The first kappa shape index (κ1) is 17.4. The van der Waals surface area contributed by atoms with Gasteiger partial charge in [-0.3, -0.25) is 4.79 Å². The highest BCUT2D eigenvalue weighted by molar-refractivity contribution is 5.79. The average Bonchev–Trinajstić information content (AvgIpc) is 2.44. The van der Waals surface area contributed by atoms with Crippen LogP contribution in [-0.4, -0.2) is 71.7 Å². The molecule has 118 valence electrons. The lowest BCUT2D eigenvalue weighted by atomic mass is 9.87. The minimum atomic E-state index is -0.724. The molecule has 0 atom stereocenters. The molecule has 0 saturated carbocycles. The summed E-state index contributed by atoms with van der Waals surface area (Å²) in [7, 11) is 0. The highest BCUT2D eigenvalue weighted by Gasteiger charge is 2.41. The zero-order valence-electron chi connectivity index (χ0n) is 13.5. The molecular formula is C15H31N3O2. The number of rotatable bonds is 8. The first-order valence-electron chi connectivity index (χ1n) is 7.90. The predicted molar refractivity (Wildman–Crippen MR) is 82.1 cm³/mol. The molecule has 5 nitrogen and oxygen atoms in total. The molecule has 20 heavy (non-hydrogen) atoms. The fraction of sp³-hybridized carbons (Fsp3) is 0.933. The van der Waals surface area contributed by atoms with Gasteiger partial charge in [0.15, 0.2) is 0 Å². The highest BCUT2D eigenvalue weighted by atomic mass is 16.4. The van der Waals surface area contributed by atoms with Crippen molar-refractivity contribution < 1.29 is 9.90 Å². The second-order valence-electron chi connectivity index (χ2n) is 5.97. The smallest absolute Gasteiger partial charge is 0.323 e. The molecule has 1 aliphatic rings. The van der Waals surface area contributed by atoms with Crippen LogP contribution in [0, 0.1) is 0 Å². The molecule has 1 aliphatic heterocycles. The highest BCUT2D eigenvalue weighted by Crippen LogP contribution is 2.23. The molecule has 0 bridgehead atoms. The Labute approximate surface area is 123 Å². The number of hydrogen-bond donors (Lipinski definition) is 2. The second kappa shape index (κ2) is 7.96. The van der Waals surface area contributed by atoms with Crippen LogP contribution in [-0.2, 0) is 4.79 Å². The largest absolute Gasteiger partial charge is 0.480 e. The molecule has 1 saturated heterocycles. The van der Waals surface area contributed by atoms with Gasteiger partial charge in [-0.05, 0) is 39.8 Å². The summed E-state index contributed by atoms with van der Waals surface area (Å²) in [6.07, 6.45) is 1.39. The number of likely N-dealkylation sites (N-methyl/N-ethyl adjacent to an activating group) is 1. The van der Waals surface area contributed by atoms with Crippen molar-refractivity contribution in [2.24, 2.45) is 0 Å². The molecular weight excluding hydrogens is 254 g/mol. The second-order valence-corrected chi connectivity index (χ2v) is 5.97. The van der Waals surface area contributed by atoms with Crippen molar-refractivity contribution in [2.75, 3.05) is 39.3 Å². The van der Waals surface area contributed by atoms with Gasteiger partial charge in [-0.2, -0.15) is 0 Å². The lowest BCUT2D eigenvalue weighted by Gasteiger charge is -2.41. The zero-order chi connectivity index (χ0) is 15.2. The Bertz CT molecular complexity index is 295. The van der Waals surface area contributed by atoms with Crippen molar-refractivity contribution in [2.45, 2.75) is 52.1 Å². The molecule has 2 N–H and O–H groups in total. The molecule has 0 unspecified atom stereocenters. The van der Waals surface area contributed by atoms with Crippen molar-refractivity contribution in [3.63, 3.8) is 0 Å². The van der Waals surface area contributed by atoms with E-state index in [1.54, 1.807) is 0 Å². The van der Waals surface area contributed by atoms with Gasteiger partial charge in [0, 0.05) is 32.2 Å². The summed E-state index contributed by atoms with van der Waals surface area (Å²) < 4.78 is 0. The van der Waals surface area contributed by atoms with Gasteiger partial charge in [0.25, 0.3) is 0 Å². The Morgan fingerprint density at radius 2 is 1.85 bits per heavy atom. The Morgan fingerprint density at radius 3 is 2.25 bits per heavy atom. The fourth-order valence-corrected chi connectivity index (χ4v) is 2.88. The van der Waals surface area contributed by atoms with Gasteiger partial charge in [-0.25, -0.2) is 0 Å². The summed E-state index contributed by atoms with van der Waals surface area (Å²) in [6, 6.07) is 0.498. The topological polar surface area (TPSA) is 55.8 Å². The minimum absolute atomic E-state index is 0.498. The number of nitrogens with zero attached hydrogens (tertiary/aromatic N) is 2. The van der Waals surface area contributed by atoms with Crippen LogP contribution in [0.1, 0.15) is 40.5 Å². The van der Waals surface area contributed by atoms with E-state index in [2.05, 4.69) is 42.8 Å². The van der Waals surface area contributed by atoms with Crippen molar-refractivity contribution in [3.8, 4) is 0 Å². The number of aliphatic carboxylic acids is 1. The maximum Gasteiger partial charge on any atom is 0.323 e. The SMILES string of the molecule is CCN(CC)CCNC1(C(=O)O)CCN(C(C)C)CC1. The van der Waals surface area contributed by atoms with Crippen LogP contribution in [0.25, 0.3) is 0 Å². The number of carboxylic acids is 1. The summed E-state index contributed by atoms with van der Waals surface area (Å²) in [5.74, 6) is -0.694. The third-order valence-corrected chi connectivity index (χ3v) is 4.58. The van der Waals surface area contributed by atoms with E-state index in [0.29, 0.717) is 18.9 Å². The number of carboxylic acid groups (broad SMARTS) is 1. The zero-order valence-corrected chi connectivity index (χ0v) is 13.5. The molecule has 0 amide bonds. The van der Waals surface area contributed by atoms with E-state index < -0.39 is 11.5 Å². The number of nitrogens with one attached hydrogen (secondary N) is 1. The van der Waals surface area contributed by atoms with Crippen LogP contribution < -0.4 is 5.32 Å². The quantitative estimate of drug-likeness (QED) is 0.703. The van der Waals surface area contributed by atoms with Crippen molar-refractivity contribution in [3.05, 3.63) is 0 Å². The van der Waals surface area contributed by atoms with E-state index in [1.165, 1.54) is 0 Å². The number of carbonyl (C=O) groups is 1. The van der Waals surface area contributed by atoms with E-state index in [4.69, 9.17) is 0 Å². The molecule has 1 heterocycles. The molecule has 0 aromatic carbocycles. The van der Waals surface area contributed by atoms with Crippen LogP contribution in [0.2, 0.25) is 0 Å². The minimum Gasteiger partial charge on any atom is -0.480 e. The number of hydrogen-bond acceptors (Lipinski definition) is 4. The molecule has 0 spiro atoms. The van der Waals surface area contributed by atoms with E-state index in [0.717, 1.165) is 39.3 Å². The van der Waals surface area contributed by atoms with Crippen molar-refractivity contribution in [1.82, 2.24) is 15.1 Å². The normalized spacial score (nSPS) is 19.7. The monoisotopic (exact) mass is 285 g/mol. The molecule has 1 fully saturated rings. The maximum atomic E-state index is 11.7. The summed E-state index contributed by atoms with van der Waals surface area (Å²) in [5.41, 5.74) is -0.724. The van der Waals surface area contributed by atoms with Crippen LogP contribution in [0.3, 0.4) is 0 Å². The van der Waals surface area contributed by atoms with Crippen molar-refractivity contribution >= 4 is 5.97 Å². The van der Waals surface area contributed by atoms with Gasteiger partial charge >= 0.3 is 5.97 Å². The predicted octanol–water partition coefficient (Wildman–Crippen LogP) is 1.25. The Kier molecular flexibility index (Phi) is 6.92. The lowest BCUT2D eigenvalue weighted by molar-refractivity contribution is -0.147. The van der Waals surface area contributed by atoms with Crippen LogP contribution >= 0.6 is 0 Å². The van der Waals surface area contributed by atoms with Crippen LogP contribution in [0.4, 0.5) is 0 Å². The maximum absolute atomic E-state index is 11.7. The standard InChI is InChI=1S/C15H31N3O2/c1-5-17(6-2)12-9-16-15(14(19)20)7-10-18(11-8-15)13(3)4/h13,16H,5-12H2,1-4H3,(H,19,20). The molecule has 5 heteroatoms. The Morgan fingerprint density at radius 1 is 1.30 bits per heavy atom. The lowest BCUT2D eigenvalue weighted by Crippen LogP contribution is -2.60. The van der Waals surface area contributed by atoms with E-state index in [1.807, 2.05) is 0 Å². The first-order chi connectivity index (χ1) is 9.45. The van der Waals surface area contributed by atoms with Gasteiger partial charge < -0.3 is 20.2 Å². The molecule has 0 aliphatic carbocycles. The average molecular weight is 285 g/mol. The fourth-order valence-electron chi connectivity index (χ4n) is 2.88. The molecule has 0 aromatic rings. The van der Waals surface area contributed by atoms with Gasteiger partial charge in [-0.1, -0.05) is 13.8 Å². The van der Waals surface area contributed by atoms with E-state index >= 15 is 0 Å². The summed E-state index contributed by atoms with van der Waals surface area (Å²) in [4.78, 5) is 16.3. The third-order valence-electron chi connectivity index (χ3n) is 4.58. The van der Waals surface area contributed by atoms with Gasteiger partial charge in [-0.15, -0.1) is 0 Å². The van der Waals surface area contributed by atoms with Crippen molar-refractivity contribution in [1.29, 1.82) is 0 Å². The molecule has 0 aromatic heterocycles. The Balaban J connectivity index is 2.51. The number of likely N-dealkylation sites (tertiary alicyclic amines) is 1. The summed E-state index contributed by atoms with van der Waals surface area (Å²) >= 11 is 0. The summed E-state index contributed by atoms with van der Waals surface area (Å²) in [5, 5.41) is 12.9. The third kappa shape index (κ3) is 4.43. The summed E-state index contributed by atoms with van der Waals surface area (Å²) in [6.45, 7) is 14.0. The van der Waals surface area contributed by atoms with E-state index in [9.17, 15) is 9.90 Å². The molecule has 1 rings (SSSR count). The van der Waals surface area contributed by atoms with Gasteiger partial charge in [0.1, 0.15) is 5.54 Å². The van der Waals surface area contributed by atoms with Crippen LogP contribution in [0.5, 0.6) is 0 Å². The van der Waals surface area contributed by atoms with E-state index in [-0.39, 0.29) is 0 Å². The van der Waals surface area contributed by atoms with Crippen LogP contribution in [0.15, 0.2) is 0 Å². The number of piperidine rings is 1. The van der Waals surface area contributed by atoms with Gasteiger partial charge in [0.05, 0.1) is 0 Å². The van der Waals surface area contributed by atoms with Gasteiger partial charge in [0.2, 0.25) is 0 Å². The first-order valence-corrected chi connectivity index (χ1v) is 7.90. The molecule has 0 radical (unpaired) electrons.